The van der Waals surface area contributed by atoms with Crippen molar-refractivity contribution in [2.75, 3.05) is 31.6 Å². The van der Waals surface area contributed by atoms with Crippen molar-refractivity contribution in [3.63, 3.8) is 0 Å². The first kappa shape index (κ1) is 16.7. The molecular formula is C18H21ClN2O4. The minimum atomic E-state index is -1.11. The number of aromatic carboxylic acids is 1. The summed E-state index contributed by atoms with van der Waals surface area (Å²) in [5.74, 6) is -0.544. The Kier molecular flexibility index (Phi) is 3.74. The van der Waals surface area contributed by atoms with E-state index in [1.165, 1.54) is 11.0 Å². The number of amides is 1. The number of nitrogens with zero attached hydrogens (tertiary/aromatic N) is 2. The van der Waals surface area contributed by atoms with Crippen LogP contribution in [0.1, 0.15) is 30.1 Å². The highest BCUT2D eigenvalue weighted by atomic mass is 35.5. The number of rotatable bonds is 2. The summed E-state index contributed by atoms with van der Waals surface area (Å²) in [6.45, 7) is 4.75. The molecule has 0 saturated carbocycles. The van der Waals surface area contributed by atoms with E-state index < -0.39 is 11.6 Å². The third-order valence-corrected chi connectivity index (χ3v) is 6.25. The zero-order valence-electron chi connectivity index (χ0n) is 14.3. The number of anilines is 1. The molecule has 1 aromatic rings. The average molecular weight is 365 g/mol. The molecule has 2 atom stereocenters. The van der Waals surface area contributed by atoms with E-state index in [9.17, 15) is 14.7 Å². The molecule has 25 heavy (non-hydrogen) atoms. The van der Waals surface area contributed by atoms with Crippen molar-refractivity contribution in [2.45, 2.75) is 25.4 Å². The van der Waals surface area contributed by atoms with Crippen LogP contribution in [0.5, 0.6) is 5.75 Å². The van der Waals surface area contributed by atoms with Gasteiger partial charge in [0, 0.05) is 24.5 Å². The highest BCUT2D eigenvalue weighted by molar-refractivity contribution is 6.31. The molecule has 4 heterocycles. The molecule has 7 heteroatoms. The molecule has 1 N–H and O–H groups in total. The third-order valence-electron chi connectivity index (χ3n) is 6.03. The number of hydrogen-bond donors (Lipinski definition) is 1. The maximum atomic E-state index is 13.2. The Morgan fingerprint density at radius 1 is 1.36 bits per heavy atom. The SMILES string of the molecule is CN1C(=O)C(C)(C2CN3CCC2CC3)Oc2c(C(=O)O)cc(Cl)cc21. The van der Waals surface area contributed by atoms with Gasteiger partial charge in [-0.05, 0) is 50.9 Å². The van der Waals surface area contributed by atoms with Crippen molar-refractivity contribution in [2.24, 2.45) is 11.8 Å². The normalized spacial score (nSPS) is 33.8. The summed E-state index contributed by atoms with van der Waals surface area (Å²) in [5.41, 5.74) is -0.660. The Balaban J connectivity index is 1.81. The summed E-state index contributed by atoms with van der Waals surface area (Å²) in [7, 11) is 1.66. The second kappa shape index (κ2) is 5.61. The van der Waals surface area contributed by atoms with E-state index in [1.807, 2.05) is 6.92 Å². The number of hydrogen-bond acceptors (Lipinski definition) is 4. The van der Waals surface area contributed by atoms with Crippen LogP contribution in [-0.2, 0) is 4.79 Å². The molecule has 1 amide bonds. The molecule has 4 aliphatic rings. The van der Waals surface area contributed by atoms with Gasteiger partial charge in [-0.2, -0.15) is 0 Å². The molecule has 6 nitrogen and oxygen atoms in total. The molecule has 0 spiro atoms. The van der Waals surface area contributed by atoms with E-state index in [0.717, 1.165) is 32.5 Å². The predicted octanol–water partition coefficient (Wildman–Crippen LogP) is 2.49. The van der Waals surface area contributed by atoms with Crippen LogP contribution in [0.25, 0.3) is 0 Å². The fourth-order valence-corrected chi connectivity index (χ4v) is 4.83. The largest absolute Gasteiger partial charge is 0.478 e. The maximum absolute atomic E-state index is 13.2. The lowest BCUT2D eigenvalue weighted by Crippen LogP contribution is -2.64. The van der Waals surface area contributed by atoms with Crippen LogP contribution in [0.4, 0.5) is 5.69 Å². The smallest absolute Gasteiger partial charge is 0.339 e. The number of carboxylic acid groups (broad SMARTS) is 1. The number of carboxylic acids is 1. The highest BCUT2D eigenvalue weighted by Crippen LogP contribution is 2.48. The first-order chi connectivity index (χ1) is 11.8. The van der Waals surface area contributed by atoms with Crippen molar-refractivity contribution in [1.82, 2.24) is 4.90 Å². The zero-order valence-corrected chi connectivity index (χ0v) is 15.0. The van der Waals surface area contributed by atoms with Crippen LogP contribution in [-0.4, -0.2) is 54.2 Å². The zero-order chi connectivity index (χ0) is 17.9. The van der Waals surface area contributed by atoms with Crippen LogP contribution in [0, 0.1) is 11.8 Å². The number of carbonyl (C=O) groups is 2. The van der Waals surface area contributed by atoms with Crippen LogP contribution in [0.15, 0.2) is 12.1 Å². The van der Waals surface area contributed by atoms with Gasteiger partial charge >= 0.3 is 5.97 Å². The van der Waals surface area contributed by atoms with Gasteiger partial charge in [0.1, 0.15) is 5.56 Å². The lowest BCUT2D eigenvalue weighted by molar-refractivity contribution is -0.147. The molecule has 134 valence electrons. The molecule has 0 radical (unpaired) electrons. The summed E-state index contributed by atoms with van der Waals surface area (Å²) in [5, 5.41) is 9.82. The van der Waals surface area contributed by atoms with E-state index in [0.29, 0.717) is 11.6 Å². The lowest BCUT2D eigenvalue weighted by Gasteiger charge is -2.53. The minimum Gasteiger partial charge on any atom is -0.478 e. The van der Waals surface area contributed by atoms with Gasteiger partial charge in [0.05, 0.1) is 5.69 Å². The van der Waals surface area contributed by atoms with Gasteiger partial charge < -0.3 is 19.6 Å². The molecule has 0 aliphatic carbocycles. The second-order valence-electron chi connectivity index (χ2n) is 7.42. The molecule has 2 bridgehead atoms. The van der Waals surface area contributed by atoms with E-state index in [1.54, 1.807) is 13.1 Å². The van der Waals surface area contributed by atoms with Crippen molar-refractivity contribution in [1.29, 1.82) is 0 Å². The fourth-order valence-electron chi connectivity index (χ4n) is 4.62. The van der Waals surface area contributed by atoms with Gasteiger partial charge in [0.25, 0.3) is 5.91 Å². The summed E-state index contributed by atoms with van der Waals surface area (Å²) in [6.07, 6.45) is 2.11. The van der Waals surface area contributed by atoms with Crippen molar-refractivity contribution >= 4 is 29.2 Å². The average Bonchev–Trinajstić information content (AvgIpc) is 2.61. The molecular weight excluding hydrogens is 344 g/mol. The number of fused-ring (bicyclic) bond motifs is 4. The van der Waals surface area contributed by atoms with E-state index in [-0.39, 0.29) is 28.2 Å². The first-order valence-corrected chi connectivity index (χ1v) is 8.95. The number of likely N-dealkylation sites (N-methyl/N-ethyl adjacent to an activating group) is 1. The molecule has 3 fully saturated rings. The van der Waals surface area contributed by atoms with Crippen molar-refractivity contribution < 1.29 is 19.4 Å². The van der Waals surface area contributed by atoms with E-state index in [2.05, 4.69) is 4.90 Å². The topological polar surface area (TPSA) is 70.1 Å². The van der Waals surface area contributed by atoms with Gasteiger partial charge in [0.15, 0.2) is 11.4 Å². The summed E-state index contributed by atoms with van der Waals surface area (Å²) >= 11 is 6.05. The van der Waals surface area contributed by atoms with Crippen LogP contribution in [0.3, 0.4) is 0 Å². The first-order valence-electron chi connectivity index (χ1n) is 8.57. The number of ether oxygens (including phenoxy) is 1. The Hall–Kier alpha value is -1.79. The molecule has 1 aromatic carbocycles. The third kappa shape index (κ3) is 2.42. The van der Waals surface area contributed by atoms with Crippen LogP contribution in [0.2, 0.25) is 5.02 Å². The number of halogens is 1. The molecule has 0 aromatic heterocycles. The summed E-state index contributed by atoms with van der Waals surface area (Å²) in [4.78, 5) is 28.7. The Bertz CT molecular complexity index is 760. The highest BCUT2D eigenvalue weighted by Gasteiger charge is 2.55. The molecule has 3 saturated heterocycles. The Morgan fingerprint density at radius 3 is 2.60 bits per heavy atom. The van der Waals surface area contributed by atoms with E-state index >= 15 is 0 Å². The lowest BCUT2D eigenvalue weighted by atomic mass is 9.69. The number of benzene rings is 1. The fraction of sp³-hybridized carbons (Fsp3) is 0.556. The monoisotopic (exact) mass is 364 g/mol. The molecule has 4 aliphatic heterocycles. The maximum Gasteiger partial charge on any atom is 0.339 e. The van der Waals surface area contributed by atoms with Crippen LogP contribution >= 0.6 is 11.6 Å². The van der Waals surface area contributed by atoms with Crippen molar-refractivity contribution in [3.05, 3.63) is 22.7 Å². The van der Waals surface area contributed by atoms with E-state index in [4.69, 9.17) is 16.3 Å². The van der Waals surface area contributed by atoms with Gasteiger partial charge in [-0.25, -0.2) is 4.79 Å². The summed E-state index contributed by atoms with van der Waals surface area (Å²) in [6, 6.07) is 2.96. The van der Waals surface area contributed by atoms with Gasteiger partial charge in [0.2, 0.25) is 0 Å². The second-order valence-corrected chi connectivity index (χ2v) is 7.86. The summed E-state index contributed by atoms with van der Waals surface area (Å²) < 4.78 is 6.18. The van der Waals surface area contributed by atoms with Gasteiger partial charge in [-0.1, -0.05) is 11.6 Å². The van der Waals surface area contributed by atoms with Crippen LogP contribution < -0.4 is 9.64 Å². The predicted molar refractivity (Wildman–Crippen MR) is 93.5 cm³/mol. The quantitative estimate of drug-likeness (QED) is 0.873. The Morgan fingerprint density at radius 2 is 2.04 bits per heavy atom. The Labute approximate surface area is 151 Å². The van der Waals surface area contributed by atoms with Gasteiger partial charge in [-0.3, -0.25) is 4.79 Å². The number of carbonyl (C=O) groups excluding carboxylic acids is 1. The molecule has 5 rings (SSSR count). The van der Waals surface area contributed by atoms with Gasteiger partial charge in [-0.15, -0.1) is 0 Å². The molecule has 2 unspecified atom stereocenters. The van der Waals surface area contributed by atoms with Crippen molar-refractivity contribution in [3.8, 4) is 5.75 Å². The minimum absolute atomic E-state index is 0.00523. The number of piperidine rings is 3. The standard InChI is InChI=1S/C18H21ClN2O4/c1-18(13-9-21-5-3-10(13)4-6-21)17(24)20(2)14-8-11(19)7-12(16(22)23)15(14)25-18/h7-8,10,13H,3-6,9H2,1-2H3,(H,22,23).